The summed E-state index contributed by atoms with van der Waals surface area (Å²) in [5.41, 5.74) is -5.28. The Balaban J connectivity index is 1.87. The van der Waals surface area contributed by atoms with Crippen molar-refractivity contribution in [3.05, 3.63) is 85.6 Å². The fourth-order valence-corrected chi connectivity index (χ4v) is 5.24. The molecule has 2 aromatic carbocycles. The quantitative estimate of drug-likeness (QED) is 0.0688. The zero-order valence-corrected chi connectivity index (χ0v) is 25.0. The molecular formula is C29H25ClF4N2O6S. The number of halogens is 5. The Hall–Kier alpha value is -3.97. The maximum absolute atomic E-state index is 15.7. The highest BCUT2D eigenvalue weighted by Gasteiger charge is 2.49. The smallest absolute Gasteiger partial charge is 0.460 e. The van der Waals surface area contributed by atoms with Crippen LogP contribution in [-0.2, 0) is 10.1 Å². The van der Waals surface area contributed by atoms with Crippen LogP contribution in [0.1, 0.15) is 65.5 Å². The molecule has 0 spiro atoms. The molecule has 1 N–H and O–H groups in total. The number of carbonyl (C=O) groups is 1. The van der Waals surface area contributed by atoms with Crippen LogP contribution in [0, 0.1) is 19.7 Å². The van der Waals surface area contributed by atoms with E-state index in [2.05, 4.69) is 14.5 Å². The van der Waals surface area contributed by atoms with Gasteiger partial charge in [-0.1, -0.05) is 31.5 Å². The van der Waals surface area contributed by atoms with Crippen LogP contribution < -0.4 is 14.9 Å². The van der Waals surface area contributed by atoms with Crippen molar-refractivity contribution in [2.24, 2.45) is 0 Å². The molecule has 0 radical (unpaired) electrons. The van der Waals surface area contributed by atoms with Gasteiger partial charge in [-0.15, -0.1) is 0 Å². The number of anilines is 1. The summed E-state index contributed by atoms with van der Waals surface area (Å²) in [7, 11) is -6.32. The number of carbonyl (C=O) groups excluding carboxylic acids is 1. The zero-order chi connectivity index (χ0) is 32.0. The number of nitrogens with zero attached hydrogens (tertiary/aromatic N) is 1. The number of aromatic nitrogens is 1. The Bertz CT molecular complexity index is 1920. The van der Waals surface area contributed by atoms with Gasteiger partial charge in [-0.05, 0) is 56.7 Å². The Morgan fingerprint density at radius 3 is 2.37 bits per heavy atom. The third-order valence-electron chi connectivity index (χ3n) is 6.64. The SMILES string of the molecule is Cc1cc(C(C)Nc2ccc(Cl)nc2-c2ccc(C=O)c(OS(=O)(=O)C(F)(F)F)c2F)c2oc(C(C)C)c(C)c(=O)c2c1. The van der Waals surface area contributed by atoms with Crippen molar-refractivity contribution < 1.29 is 39.4 Å². The first-order valence-electron chi connectivity index (χ1n) is 12.8. The van der Waals surface area contributed by atoms with Crippen LogP contribution in [0.2, 0.25) is 5.15 Å². The Morgan fingerprint density at radius 2 is 1.77 bits per heavy atom. The molecule has 8 nitrogen and oxygen atoms in total. The topological polar surface area (TPSA) is 116 Å². The predicted octanol–water partition coefficient (Wildman–Crippen LogP) is 7.60. The minimum absolute atomic E-state index is 0.0511. The first-order chi connectivity index (χ1) is 20.0. The van der Waals surface area contributed by atoms with Gasteiger partial charge in [-0.3, -0.25) is 9.59 Å². The summed E-state index contributed by atoms with van der Waals surface area (Å²) in [5.74, 6) is -2.61. The number of nitrogens with one attached hydrogen (secondary N) is 1. The van der Waals surface area contributed by atoms with Crippen molar-refractivity contribution in [2.75, 3.05) is 5.32 Å². The van der Waals surface area contributed by atoms with Gasteiger partial charge in [0, 0.05) is 22.6 Å². The van der Waals surface area contributed by atoms with Crippen molar-refractivity contribution in [1.82, 2.24) is 4.98 Å². The van der Waals surface area contributed by atoms with Gasteiger partial charge in [0.15, 0.2) is 23.3 Å². The average molecular weight is 641 g/mol. The monoisotopic (exact) mass is 640 g/mol. The minimum atomic E-state index is -6.32. The summed E-state index contributed by atoms with van der Waals surface area (Å²) in [5, 5.41) is 3.38. The summed E-state index contributed by atoms with van der Waals surface area (Å²) >= 11 is 6.07. The Morgan fingerprint density at radius 1 is 1.09 bits per heavy atom. The number of rotatable bonds is 8. The first kappa shape index (κ1) is 32.0. The molecule has 2 aromatic heterocycles. The molecule has 4 aromatic rings. The van der Waals surface area contributed by atoms with Crippen molar-refractivity contribution in [3.8, 4) is 17.0 Å². The predicted molar refractivity (Wildman–Crippen MR) is 154 cm³/mol. The van der Waals surface area contributed by atoms with Gasteiger partial charge in [-0.25, -0.2) is 9.37 Å². The number of aldehydes is 1. The van der Waals surface area contributed by atoms with Crippen LogP contribution in [0.4, 0.5) is 23.2 Å². The molecule has 0 saturated carbocycles. The summed E-state index contributed by atoms with van der Waals surface area (Å²) in [4.78, 5) is 28.7. The second-order valence-corrected chi connectivity index (χ2v) is 12.1. The van der Waals surface area contributed by atoms with Crippen LogP contribution in [-0.4, -0.2) is 25.2 Å². The van der Waals surface area contributed by atoms with E-state index in [1.54, 1.807) is 32.9 Å². The third-order valence-corrected chi connectivity index (χ3v) is 7.80. The molecule has 0 fully saturated rings. The largest absolute Gasteiger partial charge is 0.534 e. The van der Waals surface area contributed by atoms with Gasteiger partial charge in [-0.2, -0.15) is 21.6 Å². The number of fused-ring (bicyclic) bond motifs is 1. The summed E-state index contributed by atoms with van der Waals surface area (Å²) < 4.78 is 88.2. The molecule has 0 aliphatic carbocycles. The molecule has 0 bridgehead atoms. The maximum Gasteiger partial charge on any atom is 0.534 e. The molecular weight excluding hydrogens is 616 g/mol. The van der Waals surface area contributed by atoms with Crippen LogP contribution in [0.5, 0.6) is 5.75 Å². The first-order valence-corrected chi connectivity index (χ1v) is 14.5. The van der Waals surface area contributed by atoms with E-state index in [1.165, 1.54) is 12.1 Å². The van der Waals surface area contributed by atoms with Crippen molar-refractivity contribution in [2.45, 2.75) is 52.1 Å². The molecule has 0 saturated heterocycles. The van der Waals surface area contributed by atoms with E-state index in [-0.39, 0.29) is 34.2 Å². The average Bonchev–Trinajstić information content (AvgIpc) is 2.91. The number of alkyl halides is 3. The Labute approximate surface area is 248 Å². The highest BCUT2D eigenvalue weighted by atomic mass is 35.5. The van der Waals surface area contributed by atoms with Gasteiger partial charge in [0.2, 0.25) is 0 Å². The van der Waals surface area contributed by atoms with E-state index >= 15 is 4.39 Å². The number of benzene rings is 2. The molecule has 228 valence electrons. The van der Waals surface area contributed by atoms with Crippen molar-refractivity contribution >= 4 is 44.7 Å². The fourth-order valence-electron chi connectivity index (χ4n) is 4.61. The van der Waals surface area contributed by atoms with E-state index in [4.69, 9.17) is 16.0 Å². The molecule has 43 heavy (non-hydrogen) atoms. The third kappa shape index (κ3) is 6.09. The summed E-state index contributed by atoms with van der Waals surface area (Å²) in [6, 6.07) is 7.62. The maximum atomic E-state index is 15.7. The van der Waals surface area contributed by atoms with Crippen LogP contribution in [0.15, 0.2) is 45.6 Å². The zero-order valence-electron chi connectivity index (χ0n) is 23.4. The molecule has 1 unspecified atom stereocenters. The molecule has 0 aliphatic heterocycles. The minimum Gasteiger partial charge on any atom is -0.460 e. The van der Waals surface area contributed by atoms with E-state index in [1.807, 2.05) is 13.8 Å². The lowest BCUT2D eigenvalue weighted by molar-refractivity contribution is -0.0501. The van der Waals surface area contributed by atoms with Crippen LogP contribution >= 0.6 is 11.6 Å². The molecule has 2 heterocycles. The van der Waals surface area contributed by atoms with Gasteiger partial charge >= 0.3 is 15.6 Å². The molecule has 14 heteroatoms. The lowest BCUT2D eigenvalue weighted by Gasteiger charge is -2.21. The standard InChI is InChI=1S/C29H25ClF4N2O6S/c1-13(2)26-15(4)25(38)20-11-14(3)10-19(28(20)41-26)16(5)35-21-8-9-22(30)36-24(21)18-7-6-17(12-37)27(23(18)31)42-43(39,40)29(32,33)34/h6-13,16,35H,1-5H3. The number of pyridine rings is 1. The fraction of sp³-hybridized carbons (Fsp3) is 0.276. The molecule has 0 amide bonds. The van der Waals surface area contributed by atoms with Crippen LogP contribution in [0.25, 0.3) is 22.2 Å². The van der Waals surface area contributed by atoms with Crippen molar-refractivity contribution in [3.63, 3.8) is 0 Å². The number of aryl methyl sites for hydroxylation is 1. The van der Waals surface area contributed by atoms with Crippen molar-refractivity contribution in [1.29, 1.82) is 0 Å². The summed E-state index contributed by atoms with van der Waals surface area (Å²) in [6.45, 7) is 9.01. The van der Waals surface area contributed by atoms with Crippen LogP contribution in [0.3, 0.4) is 0 Å². The van der Waals surface area contributed by atoms with E-state index in [0.29, 0.717) is 27.9 Å². The van der Waals surface area contributed by atoms with E-state index in [9.17, 15) is 31.2 Å². The highest BCUT2D eigenvalue weighted by Crippen LogP contribution is 2.39. The van der Waals surface area contributed by atoms with Gasteiger partial charge < -0.3 is 13.9 Å². The normalized spacial score (nSPS) is 12.9. The van der Waals surface area contributed by atoms with Gasteiger partial charge in [0.25, 0.3) is 0 Å². The lowest BCUT2D eigenvalue weighted by Crippen LogP contribution is -2.28. The number of hydrogen-bond acceptors (Lipinski definition) is 8. The van der Waals surface area contributed by atoms with E-state index in [0.717, 1.165) is 17.7 Å². The second-order valence-electron chi connectivity index (χ2n) is 10.1. The lowest BCUT2D eigenvalue weighted by atomic mass is 9.98. The molecule has 4 rings (SSSR count). The Kier molecular flexibility index (Phi) is 8.63. The highest BCUT2D eigenvalue weighted by molar-refractivity contribution is 7.88. The molecule has 1 atom stereocenters. The van der Waals surface area contributed by atoms with Gasteiger partial charge in [0.05, 0.1) is 28.4 Å². The van der Waals surface area contributed by atoms with E-state index < -0.39 is 44.4 Å². The molecule has 0 aliphatic rings. The number of hydrogen-bond donors (Lipinski definition) is 1. The summed E-state index contributed by atoms with van der Waals surface area (Å²) in [6.07, 6.45) is -0.0511. The van der Waals surface area contributed by atoms with Gasteiger partial charge in [0.1, 0.15) is 16.5 Å². The second kappa shape index (κ2) is 11.6.